The van der Waals surface area contributed by atoms with Crippen molar-refractivity contribution in [3.05, 3.63) is 47.5 Å². The lowest BCUT2D eigenvalue weighted by molar-refractivity contribution is 0.579. The van der Waals surface area contributed by atoms with E-state index in [0.29, 0.717) is 23.4 Å². The first-order chi connectivity index (χ1) is 10.00. The van der Waals surface area contributed by atoms with Crippen molar-refractivity contribution in [2.24, 2.45) is 7.05 Å². The smallest absolute Gasteiger partial charge is 0.215 e. The Morgan fingerprint density at radius 1 is 1.38 bits per heavy atom. The predicted molar refractivity (Wildman–Crippen MR) is 76.5 cm³/mol. The third-order valence-corrected chi connectivity index (χ3v) is 4.14. The molecular weight excluding hydrogens is 290 g/mol. The zero-order valence-corrected chi connectivity index (χ0v) is 12.3. The van der Waals surface area contributed by atoms with Crippen LogP contribution in [-0.4, -0.2) is 29.7 Å². The highest BCUT2D eigenvalue weighted by molar-refractivity contribution is 7.88. The summed E-state index contributed by atoms with van der Waals surface area (Å²) in [5.41, 5.74) is 0.859. The molecule has 0 aliphatic heterocycles. The number of sulfonamides is 1. The van der Waals surface area contributed by atoms with Crippen LogP contribution in [0.1, 0.15) is 17.0 Å². The van der Waals surface area contributed by atoms with E-state index in [2.05, 4.69) is 14.8 Å². The highest BCUT2D eigenvalue weighted by atomic mass is 32.2. The Morgan fingerprint density at radius 3 is 2.81 bits per heavy atom. The lowest BCUT2D eigenvalue weighted by Gasteiger charge is -2.07. The zero-order valence-electron chi connectivity index (χ0n) is 11.5. The largest absolute Gasteiger partial charge is 0.256 e. The molecule has 21 heavy (non-hydrogen) atoms. The number of nitriles is 1. The number of hydrogen-bond acceptors (Lipinski definition) is 5. The van der Waals surface area contributed by atoms with Crippen LogP contribution in [0.25, 0.3) is 0 Å². The van der Waals surface area contributed by atoms with Gasteiger partial charge in [0.2, 0.25) is 10.0 Å². The van der Waals surface area contributed by atoms with Crippen molar-refractivity contribution >= 4 is 10.0 Å². The second kappa shape index (κ2) is 6.47. The lowest BCUT2D eigenvalue weighted by Crippen LogP contribution is -2.27. The predicted octanol–water partition coefficient (Wildman–Crippen LogP) is 0.349. The third-order valence-electron chi connectivity index (χ3n) is 2.80. The first kappa shape index (κ1) is 15.2. The van der Waals surface area contributed by atoms with Crippen LogP contribution in [0.4, 0.5) is 0 Å². The van der Waals surface area contributed by atoms with Crippen molar-refractivity contribution in [1.29, 1.82) is 5.26 Å². The molecule has 1 heterocycles. The van der Waals surface area contributed by atoms with Gasteiger partial charge in [0, 0.05) is 20.0 Å². The summed E-state index contributed by atoms with van der Waals surface area (Å²) in [6.07, 6.45) is 1.98. The molecule has 1 N–H and O–H groups in total. The molecule has 110 valence electrons. The molecule has 0 amide bonds. The maximum absolute atomic E-state index is 12.0. The molecule has 2 aromatic rings. The highest BCUT2D eigenvalue weighted by Crippen LogP contribution is 2.10. The summed E-state index contributed by atoms with van der Waals surface area (Å²) in [6.45, 7) is 0.223. The SMILES string of the molecule is Cn1cnc(CCNS(=O)(=O)Cc2ccccc2C#N)n1. The van der Waals surface area contributed by atoms with Crippen LogP contribution in [0.2, 0.25) is 0 Å². The summed E-state index contributed by atoms with van der Waals surface area (Å²) in [7, 11) is -1.74. The molecule has 7 nitrogen and oxygen atoms in total. The molecule has 0 aliphatic rings. The minimum Gasteiger partial charge on any atom is -0.256 e. The van der Waals surface area contributed by atoms with Gasteiger partial charge < -0.3 is 0 Å². The Kier molecular flexibility index (Phi) is 4.67. The second-order valence-electron chi connectivity index (χ2n) is 4.51. The van der Waals surface area contributed by atoms with Crippen LogP contribution in [0.3, 0.4) is 0 Å². The van der Waals surface area contributed by atoms with Gasteiger partial charge in [-0.05, 0) is 11.6 Å². The van der Waals surface area contributed by atoms with Gasteiger partial charge in [0.25, 0.3) is 0 Å². The molecule has 1 aromatic heterocycles. The molecule has 0 radical (unpaired) electrons. The Balaban J connectivity index is 1.94. The van der Waals surface area contributed by atoms with Gasteiger partial charge in [-0.15, -0.1) is 0 Å². The van der Waals surface area contributed by atoms with Crippen LogP contribution in [0.5, 0.6) is 0 Å². The molecule has 0 fully saturated rings. The molecule has 2 rings (SSSR count). The monoisotopic (exact) mass is 305 g/mol. The van der Waals surface area contributed by atoms with Gasteiger partial charge in [-0.2, -0.15) is 10.4 Å². The van der Waals surface area contributed by atoms with E-state index in [1.54, 1.807) is 42.3 Å². The maximum atomic E-state index is 12.0. The average Bonchev–Trinajstić information content (AvgIpc) is 2.84. The summed E-state index contributed by atoms with van der Waals surface area (Å²) in [5, 5.41) is 13.0. The fourth-order valence-corrected chi connectivity index (χ4v) is 3.00. The van der Waals surface area contributed by atoms with E-state index in [0.717, 1.165) is 0 Å². The molecule has 0 saturated carbocycles. The van der Waals surface area contributed by atoms with Gasteiger partial charge >= 0.3 is 0 Å². The molecule has 0 bridgehead atoms. The molecule has 0 unspecified atom stereocenters. The molecule has 0 aliphatic carbocycles. The van der Waals surface area contributed by atoms with E-state index in [1.165, 1.54) is 0 Å². The standard InChI is InChI=1S/C13H15N5O2S/c1-18-10-15-13(17-18)6-7-16-21(19,20)9-12-5-3-2-4-11(12)8-14/h2-5,10,16H,6-7,9H2,1H3. The van der Waals surface area contributed by atoms with Crippen molar-refractivity contribution in [2.45, 2.75) is 12.2 Å². The van der Waals surface area contributed by atoms with Crippen molar-refractivity contribution in [3.8, 4) is 6.07 Å². The summed E-state index contributed by atoms with van der Waals surface area (Å²) in [6, 6.07) is 8.64. The number of rotatable bonds is 6. The number of hydrogen-bond donors (Lipinski definition) is 1. The number of benzene rings is 1. The van der Waals surface area contributed by atoms with E-state index < -0.39 is 10.0 Å². The zero-order chi connectivity index (χ0) is 15.3. The van der Waals surface area contributed by atoms with Crippen molar-refractivity contribution in [2.75, 3.05) is 6.54 Å². The first-order valence-corrected chi connectivity index (χ1v) is 7.95. The number of aryl methyl sites for hydroxylation is 1. The van der Waals surface area contributed by atoms with Crippen LogP contribution in [-0.2, 0) is 29.2 Å². The summed E-state index contributed by atoms with van der Waals surface area (Å²) >= 11 is 0. The van der Waals surface area contributed by atoms with E-state index in [1.807, 2.05) is 6.07 Å². The quantitative estimate of drug-likeness (QED) is 0.830. The first-order valence-electron chi connectivity index (χ1n) is 6.30. The highest BCUT2D eigenvalue weighted by Gasteiger charge is 2.14. The fraction of sp³-hybridized carbons (Fsp3) is 0.308. The van der Waals surface area contributed by atoms with Gasteiger partial charge in [0.1, 0.15) is 6.33 Å². The maximum Gasteiger partial charge on any atom is 0.215 e. The lowest BCUT2D eigenvalue weighted by atomic mass is 10.1. The third kappa shape index (κ3) is 4.37. The summed E-state index contributed by atoms with van der Waals surface area (Å²) in [5.74, 6) is 0.365. The van der Waals surface area contributed by atoms with Crippen LogP contribution in [0.15, 0.2) is 30.6 Å². The Labute approximate surface area is 123 Å². The van der Waals surface area contributed by atoms with Crippen molar-refractivity contribution in [3.63, 3.8) is 0 Å². The minimum atomic E-state index is -3.49. The number of nitrogens with zero attached hydrogens (tertiary/aromatic N) is 4. The van der Waals surface area contributed by atoms with Gasteiger partial charge in [-0.1, -0.05) is 18.2 Å². The van der Waals surface area contributed by atoms with Gasteiger partial charge in [-0.25, -0.2) is 18.1 Å². The molecule has 1 aromatic carbocycles. The van der Waals surface area contributed by atoms with E-state index in [9.17, 15) is 8.42 Å². The van der Waals surface area contributed by atoms with Crippen LogP contribution >= 0.6 is 0 Å². The molecule has 8 heteroatoms. The van der Waals surface area contributed by atoms with Crippen LogP contribution in [0, 0.1) is 11.3 Å². The van der Waals surface area contributed by atoms with Crippen molar-refractivity contribution in [1.82, 2.24) is 19.5 Å². The molecule has 0 spiro atoms. The molecule has 0 saturated heterocycles. The van der Waals surface area contributed by atoms with Crippen molar-refractivity contribution < 1.29 is 8.42 Å². The van der Waals surface area contributed by atoms with Crippen LogP contribution < -0.4 is 4.72 Å². The topological polar surface area (TPSA) is 101 Å². The number of aromatic nitrogens is 3. The minimum absolute atomic E-state index is 0.216. The average molecular weight is 305 g/mol. The fourth-order valence-electron chi connectivity index (χ4n) is 1.83. The summed E-state index contributed by atoms with van der Waals surface area (Å²) in [4.78, 5) is 4.02. The summed E-state index contributed by atoms with van der Waals surface area (Å²) < 4.78 is 28.0. The Morgan fingerprint density at radius 2 is 2.14 bits per heavy atom. The van der Waals surface area contributed by atoms with Gasteiger partial charge in [-0.3, -0.25) is 4.68 Å². The van der Waals surface area contributed by atoms with Gasteiger partial charge in [0.15, 0.2) is 5.82 Å². The Bertz CT molecular complexity index is 761. The van der Waals surface area contributed by atoms with E-state index in [-0.39, 0.29) is 12.3 Å². The Hall–Kier alpha value is -2.24. The normalized spacial score (nSPS) is 11.2. The van der Waals surface area contributed by atoms with E-state index >= 15 is 0 Å². The second-order valence-corrected chi connectivity index (χ2v) is 6.31. The van der Waals surface area contributed by atoms with E-state index in [4.69, 9.17) is 5.26 Å². The van der Waals surface area contributed by atoms with Gasteiger partial charge in [0.05, 0.1) is 17.4 Å². The molecular formula is C13H15N5O2S. The number of nitrogens with one attached hydrogen (secondary N) is 1. The molecule has 0 atom stereocenters.